The Labute approximate surface area is 197 Å². The Morgan fingerprint density at radius 1 is 1.00 bits per heavy atom. The number of urea groups is 1. The molecule has 8 heteroatoms. The molecule has 0 saturated heterocycles. The first-order chi connectivity index (χ1) is 15.4. The number of carbonyl (C=O) groups excluding carboxylic acids is 2. The first kappa shape index (κ1) is 23.8. The van der Waals surface area contributed by atoms with Crippen LogP contribution in [-0.2, 0) is 25.8 Å². The third kappa shape index (κ3) is 6.11. The summed E-state index contributed by atoms with van der Waals surface area (Å²) < 4.78 is 1.93. The van der Waals surface area contributed by atoms with Gasteiger partial charge in [-0.05, 0) is 48.7 Å². The van der Waals surface area contributed by atoms with Gasteiger partial charge in [0.05, 0.1) is 12.2 Å². The first-order valence-electron chi connectivity index (χ1n) is 10.6. The van der Waals surface area contributed by atoms with Crippen molar-refractivity contribution in [2.45, 2.75) is 39.7 Å². The van der Waals surface area contributed by atoms with Gasteiger partial charge in [-0.25, -0.2) is 4.79 Å². The monoisotopic (exact) mass is 472 g/mol. The van der Waals surface area contributed by atoms with E-state index in [0.29, 0.717) is 35.1 Å². The van der Waals surface area contributed by atoms with Crippen LogP contribution in [0.5, 0.6) is 0 Å². The number of hydrogen-bond donors (Lipinski definition) is 2. The van der Waals surface area contributed by atoms with E-state index in [-0.39, 0.29) is 0 Å². The number of imide groups is 1. The summed E-state index contributed by atoms with van der Waals surface area (Å²) in [5.74, 6) is -0.438. The molecule has 168 valence electrons. The maximum atomic E-state index is 12.1. The molecule has 1 heterocycles. The Morgan fingerprint density at radius 3 is 2.31 bits per heavy atom. The number of nitrogens with zero attached hydrogens (tertiary/aromatic N) is 2. The van der Waals surface area contributed by atoms with Crippen LogP contribution < -0.4 is 10.6 Å². The lowest BCUT2D eigenvalue weighted by Gasteiger charge is -2.10. The maximum Gasteiger partial charge on any atom is 0.321 e. The Bertz CT molecular complexity index is 1080. The molecule has 0 unspecified atom stereocenters. The lowest BCUT2D eigenvalue weighted by Crippen LogP contribution is -2.40. The molecule has 2 aromatic carbocycles. The predicted octanol–water partition coefficient (Wildman–Crippen LogP) is 5.05. The Hall–Kier alpha value is -2.83. The third-order valence-corrected chi connectivity index (χ3v) is 5.53. The standard InChI is InChI=1S/C24H26Cl2N4O2/c1-3-21-20(14-16-12-18(25)15-19(26)13-16)22(4-2)30(29-21)11-10-27-24(32)28-23(31)17-8-6-5-7-9-17/h5-9,12-13,15H,3-4,10-11,14H2,1-2H3,(H2,27,28,31,32). The second-order valence-corrected chi connectivity index (χ2v) is 8.21. The van der Waals surface area contributed by atoms with Crippen molar-refractivity contribution in [1.82, 2.24) is 20.4 Å². The number of amides is 3. The molecule has 0 bridgehead atoms. The molecule has 0 spiro atoms. The van der Waals surface area contributed by atoms with E-state index < -0.39 is 11.9 Å². The third-order valence-electron chi connectivity index (χ3n) is 5.09. The molecule has 6 nitrogen and oxygen atoms in total. The van der Waals surface area contributed by atoms with E-state index >= 15 is 0 Å². The number of benzene rings is 2. The van der Waals surface area contributed by atoms with Crippen molar-refractivity contribution in [1.29, 1.82) is 0 Å². The highest BCUT2D eigenvalue weighted by Gasteiger charge is 2.17. The summed E-state index contributed by atoms with van der Waals surface area (Å²) in [7, 11) is 0. The summed E-state index contributed by atoms with van der Waals surface area (Å²) >= 11 is 12.3. The van der Waals surface area contributed by atoms with Gasteiger partial charge in [-0.2, -0.15) is 5.10 Å². The number of aryl methyl sites for hydroxylation is 1. The van der Waals surface area contributed by atoms with Gasteiger partial charge in [-0.1, -0.05) is 55.2 Å². The minimum atomic E-state index is -0.534. The first-order valence-corrected chi connectivity index (χ1v) is 11.3. The summed E-state index contributed by atoms with van der Waals surface area (Å²) in [4.78, 5) is 24.2. The topological polar surface area (TPSA) is 76.0 Å². The van der Waals surface area contributed by atoms with Crippen molar-refractivity contribution in [3.8, 4) is 0 Å². The van der Waals surface area contributed by atoms with E-state index in [1.54, 1.807) is 30.3 Å². The van der Waals surface area contributed by atoms with Crippen molar-refractivity contribution in [3.05, 3.63) is 86.7 Å². The quantitative estimate of drug-likeness (QED) is 0.481. The molecule has 0 radical (unpaired) electrons. The zero-order valence-electron chi connectivity index (χ0n) is 18.1. The van der Waals surface area contributed by atoms with Crippen molar-refractivity contribution in [2.24, 2.45) is 0 Å². The van der Waals surface area contributed by atoms with Gasteiger partial charge in [0.2, 0.25) is 0 Å². The number of aromatic nitrogens is 2. The smallest absolute Gasteiger partial charge is 0.321 e. The lowest BCUT2D eigenvalue weighted by atomic mass is 10.0. The van der Waals surface area contributed by atoms with Crippen LogP contribution in [0.25, 0.3) is 0 Å². The predicted molar refractivity (Wildman–Crippen MR) is 128 cm³/mol. The van der Waals surface area contributed by atoms with Crippen LogP contribution in [0.1, 0.15) is 46.7 Å². The fourth-order valence-corrected chi connectivity index (χ4v) is 4.23. The van der Waals surface area contributed by atoms with E-state index in [9.17, 15) is 9.59 Å². The summed E-state index contributed by atoms with van der Waals surface area (Å²) in [6.45, 7) is 5.00. The average Bonchev–Trinajstić information content (AvgIpc) is 3.09. The van der Waals surface area contributed by atoms with Gasteiger partial charge < -0.3 is 5.32 Å². The lowest BCUT2D eigenvalue weighted by molar-refractivity contribution is 0.0964. The fraction of sp³-hybridized carbons (Fsp3) is 0.292. The van der Waals surface area contributed by atoms with E-state index in [4.69, 9.17) is 28.3 Å². The van der Waals surface area contributed by atoms with Crippen LogP contribution in [0.2, 0.25) is 10.0 Å². The molecule has 3 aromatic rings. The zero-order valence-corrected chi connectivity index (χ0v) is 19.6. The molecule has 0 aliphatic heterocycles. The number of nitrogens with one attached hydrogen (secondary N) is 2. The second-order valence-electron chi connectivity index (χ2n) is 7.33. The van der Waals surface area contributed by atoms with Gasteiger partial charge in [-0.15, -0.1) is 0 Å². The van der Waals surface area contributed by atoms with Gasteiger partial charge >= 0.3 is 6.03 Å². The van der Waals surface area contributed by atoms with Crippen LogP contribution in [0.4, 0.5) is 4.79 Å². The van der Waals surface area contributed by atoms with Gasteiger partial charge in [0.1, 0.15) is 0 Å². The van der Waals surface area contributed by atoms with Gasteiger partial charge in [0.25, 0.3) is 5.91 Å². The molecular weight excluding hydrogens is 447 g/mol. The molecule has 1 aromatic heterocycles. The molecule has 32 heavy (non-hydrogen) atoms. The highest BCUT2D eigenvalue weighted by atomic mass is 35.5. The SMILES string of the molecule is CCc1nn(CCNC(=O)NC(=O)c2ccccc2)c(CC)c1Cc1cc(Cl)cc(Cl)c1. The Balaban J connectivity index is 1.65. The minimum Gasteiger partial charge on any atom is -0.336 e. The van der Waals surface area contributed by atoms with Gasteiger partial charge in [0, 0.05) is 39.8 Å². The number of carbonyl (C=O) groups is 2. The molecule has 0 aliphatic carbocycles. The molecule has 0 atom stereocenters. The number of rotatable bonds is 8. The van der Waals surface area contributed by atoms with Crippen molar-refractivity contribution in [3.63, 3.8) is 0 Å². The van der Waals surface area contributed by atoms with Crippen LogP contribution in [0, 0.1) is 0 Å². The normalized spacial score (nSPS) is 10.8. The Kier molecular flexibility index (Phi) is 8.31. The van der Waals surface area contributed by atoms with E-state index in [1.807, 2.05) is 22.9 Å². The maximum absolute atomic E-state index is 12.1. The van der Waals surface area contributed by atoms with Crippen LogP contribution >= 0.6 is 23.2 Å². The molecule has 0 saturated carbocycles. The van der Waals surface area contributed by atoms with E-state index in [0.717, 1.165) is 35.4 Å². The van der Waals surface area contributed by atoms with Crippen molar-refractivity contribution < 1.29 is 9.59 Å². The van der Waals surface area contributed by atoms with Crippen LogP contribution in [-0.4, -0.2) is 28.3 Å². The zero-order chi connectivity index (χ0) is 23.1. The highest BCUT2D eigenvalue weighted by Crippen LogP contribution is 2.25. The molecule has 0 fully saturated rings. The molecule has 2 N–H and O–H groups in total. The molecular formula is C24H26Cl2N4O2. The van der Waals surface area contributed by atoms with E-state index in [2.05, 4.69) is 24.5 Å². The second kappa shape index (κ2) is 11.2. The minimum absolute atomic E-state index is 0.341. The summed E-state index contributed by atoms with van der Waals surface area (Å²) in [6.07, 6.45) is 2.28. The van der Waals surface area contributed by atoms with E-state index in [1.165, 1.54) is 0 Å². The summed E-state index contributed by atoms with van der Waals surface area (Å²) in [5, 5.41) is 11.0. The molecule has 3 rings (SSSR count). The molecule has 0 aliphatic rings. The highest BCUT2D eigenvalue weighted by molar-refractivity contribution is 6.34. The van der Waals surface area contributed by atoms with Crippen molar-refractivity contribution in [2.75, 3.05) is 6.54 Å². The summed E-state index contributed by atoms with van der Waals surface area (Å²) in [6, 6.07) is 13.6. The summed E-state index contributed by atoms with van der Waals surface area (Å²) in [5.41, 5.74) is 4.75. The van der Waals surface area contributed by atoms with Gasteiger partial charge in [-0.3, -0.25) is 14.8 Å². The average molecular weight is 473 g/mol. The number of halogens is 2. The number of hydrogen-bond acceptors (Lipinski definition) is 3. The largest absolute Gasteiger partial charge is 0.336 e. The fourth-order valence-electron chi connectivity index (χ4n) is 3.66. The van der Waals surface area contributed by atoms with Gasteiger partial charge in [0.15, 0.2) is 0 Å². The van der Waals surface area contributed by atoms with Crippen LogP contribution in [0.15, 0.2) is 48.5 Å². The van der Waals surface area contributed by atoms with Crippen LogP contribution in [0.3, 0.4) is 0 Å². The molecule has 3 amide bonds. The van der Waals surface area contributed by atoms with Crippen molar-refractivity contribution >= 4 is 35.1 Å². The Morgan fingerprint density at radius 2 is 1.69 bits per heavy atom.